The second kappa shape index (κ2) is 7.17. The lowest BCUT2D eigenvalue weighted by Crippen LogP contribution is -2.39. The highest BCUT2D eigenvalue weighted by Crippen LogP contribution is 2.27. The molecule has 6 nitrogen and oxygen atoms in total. The summed E-state index contributed by atoms with van der Waals surface area (Å²) in [5.74, 6) is -0.763. The Hall–Kier alpha value is -1.95. The molecule has 0 aromatic carbocycles. The zero-order chi connectivity index (χ0) is 15.2. The van der Waals surface area contributed by atoms with E-state index in [2.05, 4.69) is 10.3 Å². The summed E-state index contributed by atoms with van der Waals surface area (Å²) in [6.07, 6.45) is 5.61. The number of pyridine rings is 1. The van der Waals surface area contributed by atoms with Crippen molar-refractivity contribution in [2.45, 2.75) is 44.2 Å². The minimum Gasteiger partial charge on any atom is -0.480 e. The van der Waals surface area contributed by atoms with Crippen LogP contribution in [0.3, 0.4) is 0 Å². The number of hydrogen-bond donors (Lipinski definition) is 3. The maximum absolute atomic E-state index is 12.0. The summed E-state index contributed by atoms with van der Waals surface area (Å²) < 4.78 is 0. The van der Waals surface area contributed by atoms with E-state index in [1.165, 1.54) is 0 Å². The molecule has 0 aliphatic heterocycles. The third-order valence-electron chi connectivity index (χ3n) is 3.98. The molecule has 0 saturated heterocycles. The molecule has 6 heteroatoms. The Balaban J connectivity index is 1.77. The number of rotatable bonds is 5. The monoisotopic (exact) mass is 291 g/mol. The molecule has 1 heterocycles. The zero-order valence-electron chi connectivity index (χ0n) is 11.9. The average Bonchev–Trinajstić information content (AvgIpc) is 2.50. The van der Waals surface area contributed by atoms with Crippen LogP contribution in [0.15, 0.2) is 24.4 Å². The Labute approximate surface area is 123 Å². The first-order chi connectivity index (χ1) is 10.1. The molecule has 4 N–H and O–H groups in total. The molecule has 2 rings (SSSR count). The van der Waals surface area contributed by atoms with Gasteiger partial charge in [-0.15, -0.1) is 0 Å². The van der Waals surface area contributed by atoms with Crippen LogP contribution in [-0.2, 0) is 4.79 Å². The molecular formula is C15H21N3O3. The molecule has 0 spiro atoms. The van der Waals surface area contributed by atoms with Crippen LogP contribution >= 0.6 is 0 Å². The van der Waals surface area contributed by atoms with E-state index in [9.17, 15) is 9.59 Å². The van der Waals surface area contributed by atoms with Gasteiger partial charge in [-0.25, -0.2) is 0 Å². The number of carbonyl (C=O) groups is 2. The lowest BCUT2D eigenvalue weighted by Gasteiger charge is -2.29. The van der Waals surface area contributed by atoms with Gasteiger partial charge in [-0.3, -0.25) is 14.6 Å². The van der Waals surface area contributed by atoms with Crippen LogP contribution in [0.1, 0.15) is 42.6 Å². The summed E-state index contributed by atoms with van der Waals surface area (Å²) in [6, 6.07) is 4.60. The number of nitrogens with one attached hydrogen (secondary N) is 1. The van der Waals surface area contributed by atoms with E-state index in [4.69, 9.17) is 10.8 Å². The number of aromatic nitrogens is 1. The Morgan fingerprint density at radius 3 is 2.62 bits per heavy atom. The smallest absolute Gasteiger partial charge is 0.320 e. The molecule has 1 amide bonds. The van der Waals surface area contributed by atoms with E-state index in [0.29, 0.717) is 18.0 Å². The maximum Gasteiger partial charge on any atom is 0.320 e. The molecular weight excluding hydrogens is 270 g/mol. The number of hydrogen-bond acceptors (Lipinski definition) is 4. The van der Waals surface area contributed by atoms with Gasteiger partial charge in [-0.05, 0) is 50.2 Å². The second-order valence-corrected chi connectivity index (χ2v) is 5.59. The number of nitrogens with two attached hydrogens (primary N) is 1. The molecule has 1 atom stereocenters. The van der Waals surface area contributed by atoms with E-state index in [1.54, 1.807) is 24.4 Å². The Morgan fingerprint density at radius 2 is 2.05 bits per heavy atom. The van der Waals surface area contributed by atoms with Crippen molar-refractivity contribution in [1.82, 2.24) is 10.3 Å². The molecule has 1 saturated carbocycles. The maximum atomic E-state index is 12.0. The van der Waals surface area contributed by atoms with Crippen molar-refractivity contribution in [2.75, 3.05) is 0 Å². The fraction of sp³-hybridized carbons (Fsp3) is 0.533. The van der Waals surface area contributed by atoms with E-state index < -0.39 is 12.0 Å². The molecule has 0 radical (unpaired) electrons. The molecule has 1 aromatic rings. The van der Waals surface area contributed by atoms with Crippen molar-refractivity contribution < 1.29 is 14.7 Å². The van der Waals surface area contributed by atoms with Gasteiger partial charge >= 0.3 is 5.97 Å². The number of carboxylic acids is 1. The topological polar surface area (TPSA) is 105 Å². The summed E-state index contributed by atoms with van der Waals surface area (Å²) in [6.45, 7) is 0. The van der Waals surface area contributed by atoms with Crippen molar-refractivity contribution in [3.63, 3.8) is 0 Å². The SMILES string of the molecule is N[C@@H](CC1CCC(NC(=O)c2ccccn2)CC1)C(=O)O. The molecule has 114 valence electrons. The van der Waals surface area contributed by atoms with E-state index >= 15 is 0 Å². The molecule has 21 heavy (non-hydrogen) atoms. The standard InChI is InChI=1S/C15H21N3O3/c16-12(15(20)21)9-10-4-6-11(7-5-10)18-14(19)13-3-1-2-8-17-13/h1-3,8,10-12H,4-7,9,16H2,(H,18,19)(H,20,21)/t10?,11?,12-/m0/s1. The number of carboxylic acid groups (broad SMARTS) is 1. The Bertz CT molecular complexity index is 484. The summed E-state index contributed by atoms with van der Waals surface area (Å²) >= 11 is 0. The van der Waals surface area contributed by atoms with Crippen molar-refractivity contribution in [1.29, 1.82) is 0 Å². The van der Waals surface area contributed by atoms with Crippen LogP contribution in [0.25, 0.3) is 0 Å². The predicted molar refractivity (Wildman–Crippen MR) is 77.7 cm³/mol. The van der Waals surface area contributed by atoms with Gasteiger partial charge in [0.05, 0.1) is 0 Å². The van der Waals surface area contributed by atoms with E-state index in [1.807, 2.05) is 0 Å². The fourth-order valence-electron chi connectivity index (χ4n) is 2.76. The summed E-state index contributed by atoms with van der Waals surface area (Å²) in [5.41, 5.74) is 5.98. The van der Waals surface area contributed by atoms with E-state index in [-0.39, 0.29) is 11.9 Å². The number of carbonyl (C=O) groups excluding carboxylic acids is 1. The van der Waals surface area contributed by atoms with Crippen LogP contribution < -0.4 is 11.1 Å². The third kappa shape index (κ3) is 4.53. The van der Waals surface area contributed by atoms with Crippen molar-refractivity contribution >= 4 is 11.9 Å². The Kier molecular flexibility index (Phi) is 5.27. The first-order valence-corrected chi connectivity index (χ1v) is 7.26. The zero-order valence-corrected chi connectivity index (χ0v) is 11.9. The highest BCUT2D eigenvalue weighted by Gasteiger charge is 2.26. The highest BCUT2D eigenvalue weighted by molar-refractivity contribution is 5.92. The largest absolute Gasteiger partial charge is 0.480 e. The molecule has 0 unspecified atom stereocenters. The van der Waals surface area contributed by atoms with Gasteiger partial charge in [0.1, 0.15) is 11.7 Å². The van der Waals surface area contributed by atoms with Crippen LogP contribution in [0.5, 0.6) is 0 Å². The van der Waals surface area contributed by atoms with Crippen molar-refractivity contribution in [3.05, 3.63) is 30.1 Å². The van der Waals surface area contributed by atoms with Gasteiger partial charge in [0.15, 0.2) is 0 Å². The number of nitrogens with zero attached hydrogens (tertiary/aromatic N) is 1. The number of amides is 1. The van der Waals surface area contributed by atoms with Gasteiger partial charge < -0.3 is 16.2 Å². The summed E-state index contributed by atoms with van der Waals surface area (Å²) in [5, 5.41) is 11.8. The van der Waals surface area contributed by atoms with Crippen LogP contribution in [-0.4, -0.2) is 34.1 Å². The summed E-state index contributed by atoms with van der Waals surface area (Å²) in [4.78, 5) is 26.8. The molecule has 1 aliphatic rings. The third-order valence-corrected chi connectivity index (χ3v) is 3.98. The second-order valence-electron chi connectivity index (χ2n) is 5.59. The predicted octanol–water partition coefficient (Wildman–Crippen LogP) is 1.17. The van der Waals surface area contributed by atoms with E-state index in [0.717, 1.165) is 25.7 Å². The molecule has 1 aliphatic carbocycles. The lowest BCUT2D eigenvalue weighted by molar-refractivity contribution is -0.139. The highest BCUT2D eigenvalue weighted by atomic mass is 16.4. The fourth-order valence-corrected chi connectivity index (χ4v) is 2.76. The van der Waals surface area contributed by atoms with Crippen LogP contribution in [0.4, 0.5) is 0 Å². The van der Waals surface area contributed by atoms with Gasteiger partial charge in [0.25, 0.3) is 5.91 Å². The van der Waals surface area contributed by atoms with Gasteiger partial charge in [0, 0.05) is 12.2 Å². The molecule has 0 bridgehead atoms. The van der Waals surface area contributed by atoms with Gasteiger partial charge in [0.2, 0.25) is 0 Å². The quantitative estimate of drug-likeness (QED) is 0.755. The lowest BCUT2D eigenvalue weighted by atomic mass is 9.82. The minimum absolute atomic E-state index is 0.136. The first kappa shape index (κ1) is 15.4. The average molecular weight is 291 g/mol. The minimum atomic E-state index is -0.944. The van der Waals surface area contributed by atoms with Gasteiger partial charge in [-0.1, -0.05) is 6.07 Å². The molecule has 1 aromatic heterocycles. The number of aliphatic carboxylic acids is 1. The van der Waals surface area contributed by atoms with Crippen molar-refractivity contribution in [2.24, 2.45) is 11.7 Å². The van der Waals surface area contributed by atoms with Crippen molar-refractivity contribution in [3.8, 4) is 0 Å². The molecule has 1 fully saturated rings. The summed E-state index contributed by atoms with van der Waals surface area (Å²) in [7, 11) is 0. The Morgan fingerprint density at radius 1 is 1.33 bits per heavy atom. The normalized spacial score (nSPS) is 23.3. The first-order valence-electron chi connectivity index (χ1n) is 7.26. The van der Waals surface area contributed by atoms with Crippen LogP contribution in [0, 0.1) is 5.92 Å². The van der Waals surface area contributed by atoms with Crippen LogP contribution in [0.2, 0.25) is 0 Å². The van der Waals surface area contributed by atoms with Gasteiger partial charge in [-0.2, -0.15) is 0 Å².